The number of hydrogen-bond donors (Lipinski definition) is 2. The van der Waals surface area contributed by atoms with E-state index in [9.17, 15) is 12.8 Å². The Morgan fingerprint density at radius 2 is 1.90 bits per heavy atom. The summed E-state index contributed by atoms with van der Waals surface area (Å²) >= 11 is 1.21. The summed E-state index contributed by atoms with van der Waals surface area (Å²) in [4.78, 5) is 0.966. The average molecular weight is 328 g/mol. The van der Waals surface area contributed by atoms with E-state index in [1.165, 1.54) is 17.4 Å². The first-order valence-electron chi connectivity index (χ1n) is 6.36. The number of nitrogens with one attached hydrogen (secondary N) is 2. The molecule has 0 amide bonds. The molecule has 21 heavy (non-hydrogen) atoms. The normalized spacial score (nSPS) is 11.6. The van der Waals surface area contributed by atoms with E-state index in [2.05, 4.69) is 10.0 Å². The number of hydrogen-bond acceptors (Lipinski definition) is 4. The standard InChI is InChI=1S/C14H17FN2O2S2/c1-9-4-5-11(7-12(9)15)17-21(18,19)14-6-10(2)13(20-14)8-16-3/h4-7,16-17H,8H2,1-3H3. The highest BCUT2D eigenvalue weighted by molar-refractivity contribution is 7.94. The lowest BCUT2D eigenvalue weighted by atomic mass is 10.2. The van der Waals surface area contributed by atoms with Crippen LogP contribution in [0.1, 0.15) is 16.0 Å². The predicted octanol–water partition coefficient (Wildman–Crippen LogP) is 3.02. The van der Waals surface area contributed by atoms with Gasteiger partial charge in [-0.05, 0) is 50.2 Å². The molecule has 2 aromatic rings. The second-order valence-electron chi connectivity index (χ2n) is 4.77. The van der Waals surface area contributed by atoms with Crippen molar-refractivity contribution in [3.8, 4) is 0 Å². The van der Waals surface area contributed by atoms with Crippen LogP contribution < -0.4 is 10.0 Å². The van der Waals surface area contributed by atoms with Crippen molar-refractivity contribution in [2.24, 2.45) is 0 Å². The Morgan fingerprint density at radius 3 is 2.52 bits per heavy atom. The fraction of sp³-hybridized carbons (Fsp3) is 0.286. The molecule has 1 heterocycles. The maximum Gasteiger partial charge on any atom is 0.271 e. The van der Waals surface area contributed by atoms with Crippen LogP contribution in [0.15, 0.2) is 28.5 Å². The molecule has 4 nitrogen and oxygen atoms in total. The second-order valence-corrected chi connectivity index (χ2v) is 7.82. The summed E-state index contributed by atoms with van der Waals surface area (Å²) in [6, 6.07) is 5.90. The van der Waals surface area contributed by atoms with Crippen molar-refractivity contribution in [2.75, 3.05) is 11.8 Å². The highest BCUT2D eigenvalue weighted by Crippen LogP contribution is 2.28. The monoisotopic (exact) mass is 328 g/mol. The number of benzene rings is 1. The van der Waals surface area contributed by atoms with Crippen LogP contribution in [0.4, 0.5) is 10.1 Å². The van der Waals surface area contributed by atoms with Gasteiger partial charge in [-0.1, -0.05) is 6.07 Å². The summed E-state index contributed by atoms with van der Waals surface area (Å²) in [7, 11) is -1.88. The van der Waals surface area contributed by atoms with E-state index < -0.39 is 15.8 Å². The lowest BCUT2D eigenvalue weighted by Crippen LogP contribution is -2.11. The van der Waals surface area contributed by atoms with Crippen LogP contribution in [0.25, 0.3) is 0 Å². The zero-order valence-electron chi connectivity index (χ0n) is 12.0. The van der Waals surface area contributed by atoms with E-state index in [-0.39, 0.29) is 9.90 Å². The lowest BCUT2D eigenvalue weighted by Gasteiger charge is -2.07. The minimum Gasteiger partial charge on any atom is -0.315 e. The number of halogens is 1. The smallest absolute Gasteiger partial charge is 0.271 e. The Labute approximate surface area is 128 Å². The topological polar surface area (TPSA) is 58.2 Å². The average Bonchev–Trinajstić information content (AvgIpc) is 2.77. The molecule has 0 aliphatic rings. The van der Waals surface area contributed by atoms with Gasteiger partial charge in [0.05, 0.1) is 5.69 Å². The molecule has 0 saturated heterocycles. The zero-order chi connectivity index (χ0) is 15.6. The van der Waals surface area contributed by atoms with E-state index in [0.29, 0.717) is 12.1 Å². The first-order chi connectivity index (χ1) is 9.83. The number of thiophene rings is 1. The predicted molar refractivity (Wildman–Crippen MR) is 83.8 cm³/mol. The van der Waals surface area contributed by atoms with Gasteiger partial charge in [0, 0.05) is 11.4 Å². The minimum absolute atomic E-state index is 0.222. The summed E-state index contributed by atoms with van der Waals surface area (Å²) < 4.78 is 40.8. The highest BCUT2D eigenvalue weighted by atomic mass is 32.2. The van der Waals surface area contributed by atoms with Crippen LogP contribution in [-0.4, -0.2) is 15.5 Å². The molecule has 2 N–H and O–H groups in total. The molecule has 2 rings (SSSR count). The molecule has 0 saturated carbocycles. The fourth-order valence-corrected chi connectivity index (χ4v) is 4.47. The largest absolute Gasteiger partial charge is 0.315 e. The molecule has 0 aliphatic carbocycles. The van der Waals surface area contributed by atoms with Crippen molar-refractivity contribution in [1.29, 1.82) is 0 Å². The molecular formula is C14H17FN2O2S2. The van der Waals surface area contributed by atoms with Gasteiger partial charge in [0.1, 0.15) is 10.0 Å². The van der Waals surface area contributed by atoms with Gasteiger partial charge in [0.25, 0.3) is 10.0 Å². The third kappa shape index (κ3) is 3.61. The quantitative estimate of drug-likeness (QED) is 0.887. The number of anilines is 1. The van der Waals surface area contributed by atoms with Crippen molar-refractivity contribution in [1.82, 2.24) is 5.32 Å². The summed E-state index contributed by atoms with van der Waals surface area (Å²) in [5.41, 5.74) is 1.62. The maximum atomic E-state index is 13.5. The van der Waals surface area contributed by atoms with Crippen molar-refractivity contribution >= 4 is 27.0 Å². The SMILES string of the molecule is CNCc1sc(S(=O)(=O)Nc2ccc(C)c(F)c2)cc1C. The molecule has 1 aromatic heterocycles. The van der Waals surface area contributed by atoms with Crippen molar-refractivity contribution in [3.63, 3.8) is 0 Å². The molecule has 0 spiro atoms. The Morgan fingerprint density at radius 1 is 1.19 bits per heavy atom. The molecule has 0 fully saturated rings. The van der Waals surface area contributed by atoms with Crippen LogP contribution in [0.5, 0.6) is 0 Å². The summed E-state index contributed by atoms with van der Waals surface area (Å²) in [5, 5.41) is 3.00. The van der Waals surface area contributed by atoms with Crippen LogP contribution in [0, 0.1) is 19.7 Å². The summed E-state index contributed by atoms with van der Waals surface area (Å²) in [6.45, 7) is 4.11. The van der Waals surface area contributed by atoms with Gasteiger partial charge in [0.15, 0.2) is 0 Å². The van der Waals surface area contributed by atoms with Gasteiger partial charge in [-0.25, -0.2) is 12.8 Å². The first-order valence-corrected chi connectivity index (χ1v) is 8.66. The van der Waals surface area contributed by atoms with Crippen molar-refractivity contribution in [3.05, 3.63) is 46.1 Å². The molecule has 0 bridgehead atoms. The fourth-order valence-electron chi connectivity index (χ4n) is 1.82. The Balaban J connectivity index is 2.29. The highest BCUT2D eigenvalue weighted by Gasteiger charge is 2.19. The second kappa shape index (κ2) is 6.13. The molecular weight excluding hydrogens is 311 g/mol. The Bertz CT molecular complexity index is 754. The molecule has 0 aliphatic heterocycles. The van der Waals surface area contributed by atoms with Gasteiger partial charge in [0.2, 0.25) is 0 Å². The lowest BCUT2D eigenvalue weighted by molar-refractivity contribution is 0.603. The van der Waals surface area contributed by atoms with E-state index >= 15 is 0 Å². The van der Waals surface area contributed by atoms with Crippen molar-refractivity contribution < 1.29 is 12.8 Å². The van der Waals surface area contributed by atoms with Crippen LogP contribution in [0.3, 0.4) is 0 Å². The van der Waals surface area contributed by atoms with Gasteiger partial charge < -0.3 is 5.32 Å². The van der Waals surface area contributed by atoms with Gasteiger partial charge in [-0.3, -0.25) is 4.72 Å². The van der Waals surface area contributed by atoms with Gasteiger partial charge in [-0.2, -0.15) is 0 Å². The van der Waals surface area contributed by atoms with E-state index in [0.717, 1.165) is 10.4 Å². The van der Waals surface area contributed by atoms with Crippen LogP contribution in [-0.2, 0) is 16.6 Å². The molecule has 0 atom stereocenters. The molecule has 0 unspecified atom stereocenters. The van der Waals surface area contributed by atoms with E-state index in [4.69, 9.17) is 0 Å². The summed E-state index contributed by atoms with van der Waals surface area (Å²) in [6.07, 6.45) is 0. The molecule has 0 radical (unpaired) electrons. The number of sulfonamides is 1. The van der Waals surface area contributed by atoms with Crippen molar-refractivity contribution in [2.45, 2.75) is 24.6 Å². The Hall–Kier alpha value is -1.44. The summed E-state index contributed by atoms with van der Waals surface area (Å²) in [5.74, 6) is -0.437. The van der Waals surface area contributed by atoms with Crippen LogP contribution >= 0.6 is 11.3 Å². The maximum absolute atomic E-state index is 13.5. The van der Waals surface area contributed by atoms with E-state index in [1.54, 1.807) is 32.2 Å². The molecule has 114 valence electrons. The molecule has 1 aromatic carbocycles. The minimum atomic E-state index is -3.69. The Kier molecular flexibility index (Phi) is 4.65. The number of rotatable bonds is 5. The van der Waals surface area contributed by atoms with Gasteiger partial charge in [-0.15, -0.1) is 11.3 Å². The number of aryl methyl sites for hydroxylation is 2. The van der Waals surface area contributed by atoms with E-state index in [1.807, 2.05) is 6.92 Å². The molecule has 7 heteroatoms. The zero-order valence-corrected chi connectivity index (χ0v) is 13.7. The van der Waals surface area contributed by atoms with Gasteiger partial charge >= 0.3 is 0 Å². The first kappa shape index (κ1) is 15.9. The third-order valence-electron chi connectivity index (χ3n) is 3.02. The third-order valence-corrected chi connectivity index (χ3v) is 6.12. The van der Waals surface area contributed by atoms with Crippen LogP contribution in [0.2, 0.25) is 0 Å².